The number of ether oxygens (including phenoxy) is 1. The van der Waals surface area contributed by atoms with Gasteiger partial charge in [-0.25, -0.2) is 0 Å². The van der Waals surface area contributed by atoms with Gasteiger partial charge in [0.25, 0.3) is 5.69 Å². The van der Waals surface area contributed by atoms with Crippen molar-refractivity contribution in [2.24, 2.45) is 5.10 Å². The minimum Gasteiger partial charge on any atom is -0.434 e. The van der Waals surface area contributed by atoms with Crippen LogP contribution in [0.4, 0.5) is 20.2 Å². The van der Waals surface area contributed by atoms with E-state index < -0.39 is 11.5 Å². The number of halogens is 2. The Hall–Kier alpha value is -3.03. The third-order valence-electron chi connectivity index (χ3n) is 2.94. The molecular formula is C15H13F2N3O3. The van der Waals surface area contributed by atoms with Crippen LogP contribution in [0, 0.1) is 10.1 Å². The minimum absolute atomic E-state index is 0.0203. The number of nitrogens with zero attached hydrogens (tertiary/aromatic N) is 2. The van der Waals surface area contributed by atoms with Crippen LogP contribution in [0.3, 0.4) is 0 Å². The molecule has 8 heteroatoms. The van der Waals surface area contributed by atoms with E-state index in [0.717, 1.165) is 0 Å². The molecule has 0 radical (unpaired) electrons. The van der Waals surface area contributed by atoms with E-state index in [2.05, 4.69) is 15.3 Å². The molecular weight excluding hydrogens is 308 g/mol. The lowest BCUT2D eigenvalue weighted by molar-refractivity contribution is -0.384. The first-order valence-electron chi connectivity index (χ1n) is 6.57. The van der Waals surface area contributed by atoms with Gasteiger partial charge in [0, 0.05) is 11.6 Å². The Morgan fingerprint density at radius 1 is 1.22 bits per heavy atom. The Kier molecular flexibility index (Phi) is 5.19. The normalized spacial score (nSPS) is 11.4. The molecule has 0 unspecified atom stereocenters. The molecule has 0 spiro atoms. The second-order valence-corrected chi connectivity index (χ2v) is 4.46. The lowest BCUT2D eigenvalue weighted by Crippen LogP contribution is -2.08. The zero-order valence-corrected chi connectivity index (χ0v) is 12.1. The monoisotopic (exact) mass is 321 g/mol. The van der Waals surface area contributed by atoms with Gasteiger partial charge in [-0.05, 0) is 25.1 Å². The van der Waals surface area contributed by atoms with E-state index in [0.29, 0.717) is 11.3 Å². The molecule has 0 atom stereocenters. The van der Waals surface area contributed by atoms with Crippen molar-refractivity contribution in [3.05, 3.63) is 64.2 Å². The van der Waals surface area contributed by atoms with Crippen molar-refractivity contribution in [1.29, 1.82) is 0 Å². The summed E-state index contributed by atoms with van der Waals surface area (Å²) in [6, 6.07) is 12.2. The van der Waals surface area contributed by atoms with Crippen molar-refractivity contribution in [1.82, 2.24) is 0 Å². The van der Waals surface area contributed by atoms with Crippen molar-refractivity contribution in [3.63, 3.8) is 0 Å². The maximum Gasteiger partial charge on any atom is 0.387 e. The molecule has 0 aliphatic rings. The number of hydrogen-bond acceptors (Lipinski definition) is 5. The Morgan fingerprint density at radius 3 is 2.57 bits per heavy atom. The van der Waals surface area contributed by atoms with Crippen molar-refractivity contribution in [2.75, 3.05) is 5.43 Å². The van der Waals surface area contributed by atoms with E-state index in [1.54, 1.807) is 31.2 Å². The third-order valence-corrected chi connectivity index (χ3v) is 2.94. The lowest BCUT2D eigenvalue weighted by atomic mass is 10.1. The molecule has 23 heavy (non-hydrogen) atoms. The number of hydrogen-bond donors (Lipinski definition) is 1. The molecule has 0 saturated carbocycles. The average Bonchev–Trinajstić information content (AvgIpc) is 2.52. The summed E-state index contributed by atoms with van der Waals surface area (Å²) in [5.74, 6) is -0.0203. The number of anilines is 1. The van der Waals surface area contributed by atoms with Gasteiger partial charge in [-0.3, -0.25) is 15.5 Å². The molecule has 2 aromatic rings. The van der Waals surface area contributed by atoms with E-state index in [9.17, 15) is 18.9 Å². The van der Waals surface area contributed by atoms with E-state index >= 15 is 0 Å². The first kappa shape index (κ1) is 16.3. The summed E-state index contributed by atoms with van der Waals surface area (Å²) in [4.78, 5) is 10.4. The summed E-state index contributed by atoms with van der Waals surface area (Å²) in [6.07, 6.45) is 0. The summed E-state index contributed by atoms with van der Waals surface area (Å²) in [6.45, 7) is -1.37. The van der Waals surface area contributed by atoms with Crippen LogP contribution in [0.2, 0.25) is 0 Å². The zero-order valence-electron chi connectivity index (χ0n) is 12.1. The highest BCUT2D eigenvalue weighted by atomic mass is 19.3. The summed E-state index contributed by atoms with van der Waals surface area (Å²) < 4.78 is 29.2. The van der Waals surface area contributed by atoms with Crippen molar-refractivity contribution < 1.29 is 18.4 Å². The van der Waals surface area contributed by atoms with Crippen molar-refractivity contribution >= 4 is 17.1 Å². The number of nitro benzene ring substituents is 1. The van der Waals surface area contributed by atoms with E-state index in [-0.39, 0.29) is 17.1 Å². The fourth-order valence-electron chi connectivity index (χ4n) is 1.90. The Labute approximate surface area is 130 Å². The van der Waals surface area contributed by atoms with Gasteiger partial charge in [0.05, 0.1) is 10.6 Å². The Bertz CT molecular complexity index is 735. The molecule has 0 aliphatic carbocycles. The smallest absolute Gasteiger partial charge is 0.387 e. The molecule has 0 amide bonds. The SMILES string of the molecule is C/C(=N\Nc1ccccc1[N+](=O)[O-])c1ccccc1OC(F)F. The van der Waals surface area contributed by atoms with Crippen LogP contribution in [0.15, 0.2) is 53.6 Å². The minimum atomic E-state index is -2.95. The van der Waals surface area contributed by atoms with Gasteiger partial charge in [-0.15, -0.1) is 0 Å². The fraction of sp³-hybridized carbons (Fsp3) is 0.133. The van der Waals surface area contributed by atoms with Gasteiger partial charge in [0.2, 0.25) is 0 Å². The number of nitro groups is 1. The molecule has 0 bridgehead atoms. The highest BCUT2D eigenvalue weighted by Gasteiger charge is 2.13. The standard InChI is InChI=1S/C15H13F2N3O3/c1-10(11-6-2-5-9-14(11)23-15(16)17)18-19-12-7-3-4-8-13(12)20(21)22/h2-9,15,19H,1H3/b18-10+. The van der Waals surface area contributed by atoms with Crippen LogP contribution in [-0.4, -0.2) is 17.2 Å². The van der Waals surface area contributed by atoms with Crippen LogP contribution >= 0.6 is 0 Å². The Balaban J connectivity index is 2.26. The van der Waals surface area contributed by atoms with Crippen LogP contribution in [0.1, 0.15) is 12.5 Å². The fourth-order valence-corrected chi connectivity index (χ4v) is 1.90. The van der Waals surface area contributed by atoms with Crippen LogP contribution in [0.25, 0.3) is 0 Å². The third kappa shape index (κ3) is 4.22. The molecule has 1 N–H and O–H groups in total. The first-order valence-corrected chi connectivity index (χ1v) is 6.57. The maximum absolute atomic E-state index is 12.4. The van der Waals surface area contributed by atoms with Gasteiger partial charge in [-0.2, -0.15) is 13.9 Å². The summed E-state index contributed by atoms with van der Waals surface area (Å²) >= 11 is 0. The zero-order chi connectivity index (χ0) is 16.8. The van der Waals surface area contributed by atoms with Crippen LogP contribution in [0.5, 0.6) is 5.75 Å². The summed E-state index contributed by atoms with van der Waals surface area (Å²) in [7, 11) is 0. The van der Waals surface area contributed by atoms with Crippen molar-refractivity contribution in [2.45, 2.75) is 13.5 Å². The molecule has 0 heterocycles. The highest BCUT2D eigenvalue weighted by molar-refractivity contribution is 6.01. The van der Waals surface area contributed by atoms with E-state index in [1.807, 2.05) is 0 Å². The molecule has 120 valence electrons. The molecule has 2 rings (SSSR count). The van der Waals surface area contributed by atoms with Crippen LogP contribution in [-0.2, 0) is 0 Å². The predicted octanol–water partition coefficient (Wildman–Crippen LogP) is 4.03. The first-order chi connectivity index (χ1) is 11.0. The van der Waals surface area contributed by atoms with Gasteiger partial charge < -0.3 is 4.74 Å². The van der Waals surface area contributed by atoms with Gasteiger partial charge in [0.15, 0.2) is 0 Å². The maximum atomic E-state index is 12.4. The molecule has 0 saturated heterocycles. The molecule has 0 fully saturated rings. The molecule has 2 aromatic carbocycles. The van der Waals surface area contributed by atoms with E-state index in [4.69, 9.17) is 0 Å². The average molecular weight is 321 g/mol. The van der Waals surface area contributed by atoms with Gasteiger partial charge in [-0.1, -0.05) is 24.3 Å². The number of hydrazone groups is 1. The summed E-state index contributed by atoms with van der Waals surface area (Å²) in [5, 5.41) is 14.9. The van der Waals surface area contributed by atoms with Gasteiger partial charge in [0.1, 0.15) is 11.4 Å². The molecule has 6 nitrogen and oxygen atoms in total. The largest absolute Gasteiger partial charge is 0.434 e. The number of alkyl halides is 2. The second kappa shape index (κ2) is 7.30. The number of benzene rings is 2. The topological polar surface area (TPSA) is 76.8 Å². The van der Waals surface area contributed by atoms with Crippen molar-refractivity contribution in [3.8, 4) is 5.75 Å². The van der Waals surface area contributed by atoms with Gasteiger partial charge >= 0.3 is 6.61 Å². The molecule has 0 aromatic heterocycles. The number of nitrogens with one attached hydrogen (secondary N) is 1. The summed E-state index contributed by atoms with van der Waals surface area (Å²) in [5.41, 5.74) is 3.34. The quantitative estimate of drug-likeness (QED) is 0.495. The number of para-hydroxylation sites is 3. The number of rotatable bonds is 6. The second-order valence-electron chi connectivity index (χ2n) is 4.46. The van der Waals surface area contributed by atoms with E-state index in [1.165, 1.54) is 24.3 Å². The lowest BCUT2D eigenvalue weighted by Gasteiger charge is -2.10. The van der Waals surface area contributed by atoms with Crippen LogP contribution < -0.4 is 10.2 Å². The predicted molar refractivity (Wildman–Crippen MR) is 82.0 cm³/mol. The molecule has 0 aliphatic heterocycles. The highest BCUT2D eigenvalue weighted by Crippen LogP contribution is 2.24. The Morgan fingerprint density at radius 2 is 1.87 bits per heavy atom.